The maximum Gasteiger partial charge on any atom is 0.416 e. The van der Waals surface area contributed by atoms with Crippen LogP contribution in [-0.2, 0) is 21.0 Å². The van der Waals surface area contributed by atoms with Crippen LogP contribution in [0.5, 0.6) is 5.75 Å². The van der Waals surface area contributed by atoms with Crippen LogP contribution in [0.4, 0.5) is 23.2 Å². The summed E-state index contributed by atoms with van der Waals surface area (Å²) in [6.07, 6.45) is -4.36. The minimum atomic E-state index is -4.76. The van der Waals surface area contributed by atoms with Crippen LogP contribution in [0.2, 0.25) is 5.02 Å². The fraction of sp³-hybridized carbons (Fsp3) is 0.250. The Morgan fingerprint density at radius 2 is 1.88 bits per heavy atom. The van der Waals surface area contributed by atoms with E-state index in [4.69, 9.17) is 21.4 Å². The van der Waals surface area contributed by atoms with E-state index in [1.807, 2.05) is 0 Å². The molecule has 1 N–H and O–H groups in total. The van der Waals surface area contributed by atoms with E-state index in [0.717, 1.165) is 22.5 Å². The van der Waals surface area contributed by atoms with Crippen LogP contribution in [0.3, 0.4) is 0 Å². The van der Waals surface area contributed by atoms with Crippen molar-refractivity contribution in [3.05, 3.63) is 87.7 Å². The first kappa shape index (κ1) is 29.4. The molecule has 0 aromatic heterocycles. The number of carboxylic acid groups (broad SMARTS) is 1. The van der Waals surface area contributed by atoms with Crippen LogP contribution in [0.1, 0.15) is 42.0 Å². The Labute approximate surface area is 233 Å². The van der Waals surface area contributed by atoms with Crippen molar-refractivity contribution in [1.29, 1.82) is 0 Å². The number of hydrogen-bond donors (Lipinski definition) is 1. The highest BCUT2D eigenvalue weighted by Gasteiger charge is 2.37. The Morgan fingerprint density at radius 1 is 1.18 bits per heavy atom. The first-order valence-corrected chi connectivity index (χ1v) is 13.9. The van der Waals surface area contributed by atoms with Gasteiger partial charge in [0.25, 0.3) is 10.0 Å². The minimum Gasteiger partial charge on any atom is -0.486 e. The number of carbonyl (C=O) groups is 1. The van der Waals surface area contributed by atoms with Gasteiger partial charge in [0.2, 0.25) is 0 Å². The molecule has 0 aliphatic carbocycles. The lowest BCUT2D eigenvalue weighted by molar-refractivity contribution is -0.138. The van der Waals surface area contributed by atoms with Crippen molar-refractivity contribution in [2.24, 2.45) is 0 Å². The molecule has 1 heterocycles. The zero-order valence-electron chi connectivity index (χ0n) is 21.3. The number of benzene rings is 3. The van der Waals surface area contributed by atoms with Crippen molar-refractivity contribution >= 4 is 44.9 Å². The number of allylic oxidation sites excluding steroid dienone is 1. The van der Waals surface area contributed by atoms with E-state index in [1.165, 1.54) is 24.3 Å². The number of aliphatic carboxylic acids is 1. The van der Waals surface area contributed by atoms with Crippen LogP contribution in [0.25, 0.3) is 11.6 Å². The molecule has 6 nitrogen and oxygen atoms in total. The number of hydrogen-bond acceptors (Lipinski definition) is 4. The number of aryl methyl sites for hydroxylation is 1. The van der Waals surface area contributed by atoms with E-state index in [9.17, 15) is 30.8 Å². The smallest absolute Gasteiger partial charge is 0.416 e. The lowest BCUT2D eigenvalue weighted by Crippen LogP contribution is -2.43. The molecular formula is C28H24ClF4NO5S. The Hall–Kier alpha value is -3.57. The van der Waals surface area contributed by atoms with E-state index in [0.29, 0.717) is 22.8 Å². The summed E-state index contributed by atoms with van der Waals surface area (Å²) in [4.78, 5) is 10.6. The predicted molar refractivity (Wildman–Crippen MR) is 143 cm³/mol. The van der Waals surface area contributed by atoms with Gasteiger partial charge in [-0.1, -0.05) is 29.8 Å². The Bertz CT molecular complexity index is 1580. The summed E-state index contributed by atoms with van der Waals surface area (Å²) in [6.45, 7) is 3.03. The number of nitrogens with zero attached hydrogens (tertiary/aromatic N) is 1. The van der Waals surface area contributed by atoms with Gasteiger partial charge < -0.3 is 9.84 Å². The van der Waals surface area contributed by atoms with Gasteiger partial charge in [0, 0.05) is 12.0 Å². The van der Waals surface area contributed by atoms with Crippen LogP contribution in [0, 0.1) is 12.7 Å². The molecule has 0 radical (unpaired) electrons. The van der Waals surface area contributed by atoms with Gasteiger partial charge >= 0.3 is 12.1 Å². The van der Waals surface area contributed by atoms with Gasteiger partial charge in [-0.25, -0.2) is 12.8 Å². The molecule has 0 saturated carbocycles. The first-order valence-electron chi connectivity index (χ1n) is 12.0. The van der Waals surface area contributed by atoms with Crippen molar-refractivity contribution in [2.45, 2.75) is 43.9 Å². The van der Waals surface area contributed by atoms with Crippen molar-refractivity contribution in [3.63, 3.8) is 0 Å². The molecule has 40 heavy (non-hydrogen) atoms. The Kier molecular flexibility index (Phi) is 8.18. The normalized spacial score (nSPS) is 15.9. The van der Waals surface area contributed by atoms with Crippen LogP contribution in [-0.4, -0.2) is 32.1 Å². The van der Waals surface area contributed by atoms with Gasteiger partial charge in [-0.3, -0.25) is 9.10 Å². The average molecular weight is 598 g/mol. The molecule has 1 aliphatic heterocycles. The molecule has 4 rings (SSSR count). The molecular weight excluding hydrogens is 574 g/mol. The first-order chi connectivity index (χ1) is 18.7. The quantitative estimate of drug-likeness (QED) is 0.230. The molecule has 1 aliphatic rings. The Morgan fingerprint density at radius 3 is 2.52 bits per heavy atom. The second-order valence-corrected chi connectivity index (χ2v) is 11.6. The van der Waals surface area contributed by atoms with Crippen LogP contribution in [0.15, 0.2) is 59.5 Å². The zero-order chi connectivity index (χ0) is 29.4. The van der Waals surface area contributed by atoms with E-state index in [2.05, 4.69) is 0 Å². The van der Waals surface area contributed by atoms with Gasteiger partial charge in [0.1, 0.15) is 17.7 Å². The number of rotatable bonds is 7. The number of halogens is 5. The third-order valence-electron chi connectivity index (χ3n) is 6.44. The van der Waals surface area contributed by atoms with Gasteiger partial charge in [-0.15, -0.1) is 0 Å². The lowest BCUT2D eigenvalue weighted by Gasteiger charge is -2.36. The van der Waals surface area contributed by atoms with Gasteiger partial charge in [-0.2, -0.15) is 13.2 Å². The molecule has 0 bridgehead atoms. The lowest BCUT2D eigenvalue weighted by atomic mass is 9.99. The second-order valence-electron chi connectivity index (χ2n) is 9.33. The number of ether oxygens (including phenoxy) is 1. The van der Waals surface area contributed by atoms with Crippen LogP contribution < -0.4 is 9.04 Å². The molecule has 3 aromatic carbocycles. The molecule has 0 spiro atoms. The summed E-state index contributed by atoms with van der Waals surface area (Å²) in [5.41, 5.74) is 0.658. The summed E-state index contributed by atoms with van der Waals surface area (Å²) in [5, 5.41) is 9.29. The zero-order valence-corrected chi connectivity index (χ0v) is 22.9. The molecule has 0 fully saturated rings. The van der Waals surface area contributed by atoms with Crippen molar-refractivity contribution in [1.82, 2.24) is 0 Å². The largest absolute Gasteiger partial charge is 0.486 e. The van der Waals surface area contributed by atoms with Gasteiger partial charge in [0.05, 0.1) is 27.7 Å². The van der Waals surface area contributed by atoms with E-state index < -0.39 is 44.5 Å². The van der Waals surface area contributed by atoms with Gasteiger partial charge in [0.15, 0.2) is 0 Å². The molecule has 0 saturated heterocycles. The fourth-order valence-electron chi connectivity index (χ4n) is 4.43. The highest BCUT2D eigenvalue weighted by Crippen LogP contribution is 2.41. The highest BCUT2D eigenvalue weighted by atomic mass is 35.5. The summed E-state index contributed by atoms with van der Waals surface area (Å²) in [6, 6.07) is 10.7. The number of sulfonamides is 1. The van der Waals surface area contributed by atoms with Gasteiger partial charge in [-0.05, 0) is 79.4 Å². The number of anilines is 1. The third kappa shape index (κ3) is 6.10. The average Bonchev–Trinajstić information content (AvgIpc) is 2.87. The summed E-state index contributed by atoms with van der Waals surface area (Å²) < 4.78 is 89.0. The van der Waals surface area contributed by atoms with E-state index in [1.54, 1.807) is 26.0 Å². The van der Waals surface area contributed by atoms with E-state index >= 15 is 0 Å². The maximum atomic E-state index is 14.5. The number of alkyl halides is 3. The fourth-order valence-corrected chi connectivity index (χ4v) is 6.29. The summed E-state index contributed by atoms with van der Waals surface area (Å²) in [5.74, 6) is -1.54. The molecule has 212 valence electrons. The molecule has 1 atom stereocenters. The second kappa shape index (κ2) is 11.1. The molecule has 3 aromatic rings. The monoisotopic (exact) mass is 597 g/mol. The third-order valence-corrected chi connectivity index (χ3v) is 8.53. The van der Waals surface area contributed by atoms with Crippen molar-refractivity contribution < 1.29 is 40.6 Å². The summed E-state index contributed by atoms with van der Waals surface area (Å²) >= 11 is 6.20. The summed E-state index contributed by atoms with van der Waals surface area (Å²) in [7, 11) is -4.55. The topological polar surface area (TPSA) is 83.9 Å². The van der Waals surface area contributed by atoms with Crippen molar-refractivity contribution in [3.8, 4) is 5.75 Å². The molecule has 12 heteroatoms. The highest BCUT2D eigenvalue weighted by molar-refractivity contribution is 7.92. The maximum absolute atomic E-state index is 14.5. The van der Waals surface area contributed by atoms with Crippen molar-refractivity contribution in [2.75, 3.05) is 10.8 Å². The number of carboxylic acids is 1. The number of fused-ring (bicyclic) bond motifs is 1. The minimum absolute atomic E-state index is 0.0328. The predicted octanol–water partition coefficient (Wildman–Crippen LogP) is 7.19. The standard InChI is InChI=1S/C28H24ClF4NO5S/c1-16-12-25-24(13-18(16)11-17(2)27-22(29)7-4-8-23(27)30)34(15-20(39-25)9-10-26(35)36)40(37,38)21-6-3-5-19(14-21)28(31,32)33/h3-8,11-14,20H,9-10,15H2,1-2H3,(H,35,36)/t20-/m0/s1. The Balaban J connectivity index is 1.84. The molecule has 0 unspecified atom stereocenters. The molecule has 0 amide bonds. The SMILES string of the molecule is CC(=Cc1cc2c(cc1C)O[C@@H](CCC(=O)O)CN2S(=O)(=O)c1cccc(C(F)(F)F)c1)c1c(F)cccc1Cl. The van der Waals surface area contributed by atoms with Crippen LogP contribution >= 0.6 is 11.6 Å². The van der Waals surface area contributed by atoms with E-state index in [-0.39, 0.29) is 41.4 Å².